The molecule has 1 aliphatic rings. The molecule has 2 aromatic carbocycles. The summed E-state index contributed by atoms with van der Waals surface area (Å²) in [6.45, 7) is 1.49. The van der Waals surface area contributed by atoms with Crippen molar-refractivity contribution in [1.82, 2.24) is 5.32 Å². The molecule has 0 radical (unpaired) electrons. The minimum atomic E-state index is -0.245. The van der Waals surface area contributed by atoms with E-state index in [1.165, 1.54) is 12.1 Å². The molecule has 0 bridgehead atoms. The molecule has 1 fully saturated rings. The van der Waals surface area contributed by atoms with E-state index in [0.717, 1.165) is 36.3 Å². The average molecular weight is 328 g/mol. The Morgan fingerprint density at radius 3 is 2.58 bits per heavy atom. The Labute approximate surface area is 140 Å². The van der Waals surface area contributed by atoms with Crippen LogP contribution in [0.4, 0.5) is 10.1 Å². The molecule has 5 heteroatoms. The number of anilines is 1. The van der Waals surface area contributed by atoms with E-state index >= 15 is 0 Å². The molecule has 1 atom stereocenters. The van der Waals surface area contributed by atoms with Crippen LogP contribution in [0.2, 0.25) is 0 Å². The number of aliphatic hydroxyl groups excluding tert-OH is 1. The third-order valence-corrected chi connectivity index (χ3v) is 4.38. The molecule has 126 valence electrons. The van der Waals surface area contributed by atoms with Crippen molar-refractivity contribution in [2.75, 3.05) is 18.0 Å². The van der Waals surface area contributed by atoms with E-state index in [0.29, 0.717) is 0 Å². The van der Waals surface area contributed by atoms with Crippen molar-refractivity contribution >= 4 is 11.6 Å². The summed E-state index contributed by atoms with van der Waals surface area (Å²) in [5.41, 5.74) is 2.61. The number of hydrogen-bond donors (Lipinski definition) is 2. The Balaban J connectivity index is 1.55. The first-order valence-corrected chi connectivity index (χ1v) is 8.13. The van der Waals surface area contributed by atoms with Crippen LogP contribution >= 0.6 is 0 Å². The number of nitrogens with one attached hydrogen (secondary N) is 1. The molecule has 1 saturated heterocycles. The van der Waals surface area contributed by atoms with Crippen LogP contribution in [-0.4, -0.2) is 30.1 Å². The quantitative estimate of drug-likeness (QED) is 0.885. The third kappa shape index (κ3) is 3.92. The first-order chi connectivity index (χ1) is 11.7. The van der Waals surface area contributed by atoms with Crippen LogP contribution < -0.4 is 10.2 Å². The van der Waals surface area contributed by atoms with Crippen LogP contribution in [0.5, 0.6) is 0 Å². The molecule has 1 aliphatic heterocycles. The number of carbonyl (C=O) groups is 1. The molecule has 1 unspecified atom stereocenters. The zero-order chi connectivity index (χ0) is 16.9. The van der Waals surface area contributed by atoms with E-state index in [2.05, 4.69) is 10.2 Å². The fourth-order valence-electron chi connectivity index (χ4n) is 3.10. The van der Waals surface area contributed by atoms with Gasteiger partial charge in [0.25, 0.3) is 0 Å². The van der Waals surface area contributed by atoms with E-state index < -0.39 is 0 Å². The lowest BCUT2D eigenvalue weighted by Crippen LogP contribution is -2.38. The maximum absolute atomic E-state index is 13.0. The highest BCUT2D eigenvalue weighted by atomic mass is 19.1. The summed E-state index contributed by atoms with van der Waals surface area (Å²) in [7, 11) is 0. The van der Waals surface area contributed by atoms with Crippen LogP contribution in [-0.2, 0) is 17.8 Å². The minimum absolute atomic E-state index is 0.0399. The number of hydrogen-bond acceptors (Lipinski definition) is 3. The van der Waals surface area contributed by atoms with Crippen molar-refractivity contribution in [2.24, 2.45) is 0 Å². The Kier molecular flexibility index (Phi) is 5.11. The largest absolute Gasteiger partial charge is 0.392 e. The topological polar surface area (TPSA) is 52.6 Å². The lowest BCUT2D eigenvalue weighted by atomic mass is 10.0. The first kappa shape index (κ1) is 16.5. The summed E-state index contributed by atoms with van der Waals surface area (Å²) in [6.07, 6.45) is 1.13. The van der Waals surface area contributed by atoms with Crippen molar-refractivity contribution in [3.8, 4) is 0 Å². The van der Waals surface area contributed by atoms with Crippen LogP contribution in [0.25, 0.3) is 0 Å². The maximum Gasteiger partial charge on any atom is 0.224 e. The van der Waals surface area contributed by atoms with Crippen molar-refractivity contribution in [1.29, 1.82) is 0 Å². The van der Waals surface area contributed by atoms with Crippen molar-refractivity contribution < 1.29 is 14.3 Å². The second kappa shape index (κ2) is 7.45. The fraction of sp³-hybridized carbons (Fsp3) is 0.316. The molecule has 0 aromatic heterocycles. The van der Waals surface area contributed by atoms with E-state index in [9.17, 15) is 14.3 Å². The highest BCUT2D eigenvalue weighted by molar-refractivity contribution is 5.79. The average Bonchev–Trinajstić information content (AvgIpc) is 3.04. The predicted molar refractivity (Wildman–Crippen MR) is 91.2 cm³/mol. The first-order valence-electron chi connectivity index (χ1n) is 8.13. The van der Waals surface area contributed by atoms with Gasteiger partial charge in [-0.15, -0.1) is 0 Å². The van der Waals surface area contributed by atoms with Gasteiger partial charge >= 0.3 is 0 Å². The summed E-state index contributed by atoms with van der Waals surface area (Å²) in [5, 5.41) is 12.4. The molecule has 1 heterocycles. The molecular weight excluding hydrogens is 307 g/mol. The SMILES string of the molecule is O=C(Cc1ccccc1CO)NC1CCN(c2ccc(F)cc2)C1. The highest BCUT2D eigenvalue weighted by Crippen LogP contribution is 2.20. The molecule has 4 nitrogen and oxygen atoms in total. The lowest BCUT2D eigenvalue weighted by molar-refractivity contribution is -0.121. The minimum Gasteiger partial charge on any atom is -0.392 e. The van der Waals surface area contributed by atoms with E-state index in [1.54, 1.807) is 12.1 Å². The van der Waals surface area contributed by atoms with E-state index in [4.69, 9.17) is 0 Å². The molecule has 0 aliphatic carbocycles. The van der Waals surface area contributed by atoms with Crippen LogP contribution in [0, 0.1) is 5.82 Å². The smallest absolute Gasteiger partial charge is 0.224 e. The monoisotopic (exact) mass is 328 g/mol. The van der Waals surface area contributed by atoms with Crippen molar-refractivity contribution in [2.45, 2.75) is 25.5 Å². The van der Waals surface area contributed by atoms with Gasteiger partial charge in [0.1, 0.15) is 5.82 Å². The Morgan fingerprint density at radius 2 is 1.88 bits per heavy atom. The van der Waals surface area contributed by atoms with Gasteiger partial charge in [-0.3, -0.25) is 4.79 Å². The van der Waals surface area contributed by atoms with Crippen LogP contribution in [0.3, 0.4) is 0 Å². The maximum atomic E-state index is 13.0. The summed E-state index contributed by atoms with van der Waals surface area (Å²) >= 11 is 0. The van der Waals surface area contributed by atoms with Gasteiger partial charge < -0.3 is 15.3 Å². The third-order valence-electron chi connectivity index (χ3n) is 4.38. The van der Waals surface area contributed by atoms with E-state index in [-0.39, 0.29) is 30.8 Å². The van der Waals surface area contributed by atoms with Gasteiger partial charge in [0.2, 0.25) is 5.91 Å². The second-order valence-electron chi connectivity index (χ2n) is 6.08. The number of amides is 1. The fourth-order valence-corrected chi connectivity index (χ4v) is 3.10. The van der Waals surface area contributed by atoms with Gasteiger partial charge in [0.05, 0.1) is 13.0 Å². The number of benzene rings is 2. The second-order valence-corrected chi connectivity index (χ2v) is 6.08. The highest BCUT2D eigenvalue weighted by Gasteiger charge is 2.24. The lowest BCUT2D eigenvalue weighted by Gasteiger charge is -2.19. The standard InChI is InChI=1S/C19H21FN2O2/c20-16-5-7-18(8-6-16)22-10-9-17(12-22)21-19(24)11-14-3-1-2-4-15(14)13-23/h1-8,17,23H,9-13H2,(H,21,24). The molecule has 2 N–H and O–H groups in total. The summed E-state index contributed by atoms with van der Waals surface area (Å²) in [5.74, 6) is -0.285. The molecule has 2 aromatic rings. The summed E-state index contributed by atoms with van der Waals surface area (Å²) in [4.78, 5) is 14.4. The predicted octanol–water partition coefficient (Wildman–Crippen LogP) is 2.26. The van der Waals surface area contributed by atoms with Gasteiger partial charge in [-0.25, -0.2) is 4.39 Å². The molecule has 1 amide bonds. The van der Waals surface area contributed by atoms with Gasteiger partial charge in [-0.2, -0.15) is 0 Å². The molecule has 0 spiro atoms. The normalized spacial score (nSPS) is 17.1. The zero-order valence-corrected chi connectivity index (χ0v) is 13.4. The Morgan fingerprint density at radius 1 is 1.17 bits per heavy atom. The van der Waals surface area contributed by atoms with Gasteiger partial charge in [0.15, 0.2) is 0 Å². The molecule has 0 saturated carbocycles. The molecular formula is C19H21FN2O2. The zero-order valence-electron chi connectivity index (χ0n) is 13.4. The van der Waals surface area contributed by atoms with Gasteiger partial charge in [-0.05, 0) is 41.8 Å². The van der Waals surface area contributed by atoms with Crippen molar-refractivity contribution in [3.63, 3.8) is 0 Å². The number of halogens is 1. The van der Waals surface area contributed by atoms with E-state index in [1.807, 2.05) is 24.3 Å². The number of rotatable bonds is 5. The van der Waals surface area contributed by atoms with Crippen LogP contribution in [0.1, 0.15) is 17.5 Å². The summed E-state index contributed by atoms with van der Waals surface area (Å²) in [6, 6.07) is 13.9. The molecule has 24 heavy (non-hydrogen) atoms. The number of nitrogens with zero attached hydrogens (tertiary/aromatic N) is 1. The van der Waals surface area contributed by atoms with Crippen LogP contribution in [0.15, 0.2) is 48.5 Å². The number of carbonyl (C=O) groups excluding carboxylic acids is 1. The van der Waals surface area contributed by atoms with Gasteiger partial charge in [0, 0.05) is 24.8 Å². The van der Waals surface area contributed by atoms with Crippen molar-refractivity contribution in [3.05, 3.63) is 65.5 Å². The number of aliphatic hydroxyl groups is 1. The van der Waals surface area contributed by atoms with Gasteiger partial charge in [-0.1, -0.05) is 24.3 Å². The summed E-state index contributed by atoms with van der Waals surface area (Å²) < 4.78 is 13.0. The molecule has 3 rings (SSSR count). The Bertz CT molecular complexity index is 703. The Hall–Kier alpha value is -2.40.